The van der Waals surface area contributed by atoms with Crippen molar-refractivity contribution in [2.45, 2.75) is 25.9 Å². The number of piperidine rings is 1. The molecule has 0 amide bonds. The first-order chi connectivity index (χ1) is 6.36. The number of hydrogen-bond acceptors (Lipinski definition) is 3. The molecule has 0 atom stereocenters. The molecular formula is C10H22N2O. The molecule has 1 aliphatic heterocycles. The molecular weight excluding hydrogens is 164 g/mol. The Morgan fingerprint density at radius 2 is 2.08 bits per heavy atom. The van der Waals surface area contributed by atoms with E-state index in [-0.39, 0.29) is 0 Å². The number of rotatable bonds is 5. The summed E-state index contributed by atoms with van der Waals surface area (Å²) in [6, 6.07) is 0. The summed E-state index contributed by atoms with van der Waals surface area (Å²) in [6.45, 7) is 7.61. The molecule has 1 N–H and O–H groups in total. The van der Waals surface area contributed by atoms with Crippen LogP contribution in [0.15, 0.2) is 0 Å². The van der Waals surface area contributed by atoms with Crippen molar-refractivity contribution in [2.75, 3.05) is 39.8 Å². The van der Waals surface area contributed by atoms with Gasteiger partial charge < -0.3 is 15.0 Å². The fraction of sp³-hybridized carbons (Fsp3) is 1.00. The summed E-state index contributed by atoms with van der Waals surface area (Å²) in [4.78, 5) is 2.51. The van der Waals surface area contributed by atoms with Gasteiger partial charge in [0.15, 0.2) is 0 Å². The average Bonchev–Trinajstić information content (AvgIpc) is 2.17. The Morgan fingerprint density at radius 1 is 1.38 bits per heavy atom. The average molecular weight is 186 g/mol. The number of nitrogens with one attached hydrogen (secondary N) is 1. The van der Waals surface area contributed by atoms with Crippen LogP contribution in [0.25, 0.3) is 0 Å². The van der Waals surface area contributed by atoms with Gasteiger partial charge in [-0.05, 0) is 26.8 Å². The second kappa shape index (κ2) is 6.35. The van der Waals surface area contributed by atoms with Crippen molar-refractivity contribution >= 4 is 0 Å². The highest BCUT2D eigenvalue weighted by Gasteiger charge is 2.18. The van der Waals surface area contributed by atoms with Crippen LogP contribution in [0.5, 0.6) is 0 Å². The maximum absolute atomic E-state index is 5.59. The summed E-state index contributed by atoms with van der Waals surface area (Å²) in [5, 5.41) is 3.18. The van der Waals surface area contributed by atoms with Gasteiger partial charge >= 0.3 is 0 Å². The van der Waals surface area contributed by atoms with Gasteiger partial charge in [-0.3, -0.25) is 0 Å². The third kappa shape index (κ3) is 4.07. The predicted octanol–water partition coefficient (Wildman–Crippen LogP) is 0.707. The fourth-order valence-corrected chi connectivity index (χ4v) is 1.81. The molecule has 0 bridgehead atoms. The summed E-state index contributed by atoms with van der Waals surface area (Å²) in [5.41, 5.74) is 0. The molecule has 0 radical (unpaired) electrons. The Morgan fingerprint density at radius 3 is 2.62 bits per heavy atom. The highest BCUT2D eigenvalue weighted by molar-refractivity contribution is 4.72. The van der Waals surface area contributed by atoms with Crippen LogP contribution < -0.4 is 5.32 Å². The Kier molecular flexibility index (Phi) is 5.35. The quantitative estimate of drug-likeness (QED) is 0.684. The van der Waals surface area contributed by atoms with E-state index in [0.29, 0.717) is 6.10 Å². The Labute approximate surface area is 81.4 Å². The van der Waals surface area contributed by atoms with Crippen molar-refractivity contribution in [3.8, 4) is 0 Å². The molecule has 3 nitrogen and oxygen atoms in total. The Bertz CT molecular complexity index is 122. The lowest BCUT2D eigenvalue weighted by Gasteiger charge is -2.31. The molecule has 1 aliphatic rings. The van der Waals surface area contributed by atoms with E-state index >= 15 is 0 Å². The third-order valence-electron chi connectivity index (χ3n) is 2.62. The van der Waals surface area contributed by atoms with E-state index in [1.165, 1.54) is 32.5 Å². The molecule has 1 fully saturated rings. The molecule has 78 valence electrons. The zero-order valence-electron chi connectivity index (χ0n) is 8.88. The predicted molar refractivity (Wildman–Crippen MR) is 55.0 cm³/mol. The van der Waals surface area contributed by atoms with Crippen LogP contribution in [-0.4, -0.2) is 50.8 Å². The largest absolute Gasteiger partial charge is 0.378 e. The van der Waals surface area contributed by atoms with E-state index < -0.39 is 0 Å². The molecule has 0 aromatic rings. The first-order valence-corrected chi connectivity index (χ1v) is 5.35. The van der Waals surface area contributed by atoms with Crippen LogP contribution in [0.1, 0.15) is 19.8 Å². The maximum atomic E-state index is 5.59. The lowest BCUT2D eigenvalue weighted by molar-refractivity contribution is 0.0146. The van der Waals surface area contributed by atoms with Crippen molar-refractivity contribution in [3.63, 3.8) is 0 Å². The number of hydrogen-bond donors (Lipinski definition) is 1. The Balaban J connectivity index is 2.08. The van der Waals surface area contributed by atoms with Gasteiger partial charge in [-0.2, -0.15) is 0 Å². The molecule has 1 rings (SSSR count). The zero-order valence-corrected chi connectivity index (χ0v) is 8.88. The standard InChI is InChI=1S/C10H22N2O/c1-3-13-10-4-7-12(8-5-10)9-6-11-2/h10-11H,3-9H2,1-2H3. The monoisotopic (exact) mass is 186 g/mol. The summed E-state index contributed by atoms with van der Waals surface area (Å²) < 4.78 is 5.59. The van der Waals surface area contributed by atoms with Crippen molar-refractivity contribution in [1.29, 1.82) is 0 Å². The van der Waals surface area contributed by atoms with E-state index in [1.807, 2.05) is 7.05 Å². The van der Waals surface area contributed by atoms with Gasteiger partial charge in [-0.15, -0.1) is 0 Å². The molecule has 3 heteroatoms. The summed E-state index contributed by atoms with van der Waals surface area (Å²) >= 11 is 0. The minimum atomic E-state index is 0.524. The molecule has 0 aromatic carbocycles. The third-order valence-corrected chi connectivity index (χ3v) is 2.62. The van der Waals surface area contributed by atoms with E-state index in [1.54, 1.807) is 0 Å². The molecule has 13 heavy (non-hydrogen) atoms. The van der Waals surface area contributed by atoms with Crippen molar-refractivity contribution < 1.29 is 4.74 Å². The normalized spacial score (nSPS) is 20.8. The second-order valence-electron chi connectivity index (χ2n) is 3.60. The first-order valence-electron chi connectivity index (χ1n) is 5.35. The Hall–Kier alpha value is -0.120. The molecule has 0 unspecified atom stereocenters. The topological polar surface area (TPSA) is 24.5 Å². The first kappa shape index (κ1) is 11.0. The van der Waals surface area contributed by atoms with Crippen LogP contribution in [0, 0.1) is 0 Å². The second-order valence-corrected chi connectivity index (χ2v) is 3.60. The molecule has 0 spiro atoms. The van der Waals surface area contributed by atoms with Gasteiger partial charge in [0.25, 0.3) is 0 Å². The summed E-state index contributed by atoms with van der Waals surface area (Å²) in [6.07, 6.45) is 2.94. The lowest BCUT2D eigenvalue weighted by Crippen LogP contribution is -2.40. The van der Waals surface area contributed by atoms with Crippen LogP contribution in [0.3, 0.4) is 0 Å². The smallest absolute Gasteiger partial charge is 0.0599 e. The molecule has 0 saturated carbocycles. The van der Waals surface area contributed by atoms with Crippen LogP contribution in [0.4, 0.5) is 0 Å². The SMILES string of the molecule is CCOC1CCN(CCNC)CC1. The highest BCUT2D eigenvalue weighted by Crippen LogP contribution is 2.12. The summed E-state index contributed by atoms with van der Waals surface area (Å²) in [5.74, 6) is 0. The van der Waals surface area contributed by atoms with Gasteiger partial charge in [0, 0.05) is 32.8 Å². The van der Waals surface area contributed by atoms with Gasteiger partial charge in [0.2, 0.25) is 0 Å². The number of ether oxygens (including phenoxy) is 1. The summed E-state index contributed by atoms with van der Waals surface area (Å²) in [7, 11) is 2.01. The minimum Gasteiger partial charge on any atom is -0.378 e. The van der Waals surface area contributed by atoms with Crippen LogP contribution >= 0.6 is 0 Å². The zero-order chi connectivity index (χ0) is 9.52. The lowest BCUT2D eigenvalue weighted by atomic mass is 10.1. The van der Waals surface area contributed by atoms with E-state index in [4.69, 9.17) is 4.74 Å². The number of likely N-dealkylation sites (tertiary alicyclic amines) is 1. The van der Waals surface area contributed by atoms with Gasteiger partial charge in [-0.1, -0.05) is 0 Å². The number of nitrogens with zero attached hydrogens (tertiary/aromatic N) is 1. The maximum Gasteiger partial charge on any atom is 0.0599 e. The van der Waals surface area contributed by atoms with Crippen molar-refractivity contribution in [2.24, 2.45) is 0 Å². The molecule has 1 heterocycles. The van der Waals surface area contributed by atoms with Crippen molar-refractivity contribution in [1.82, 2.24) is 10.2 Å². The van der Waals surface area contributed by atoms with E-state index in [9.17, 15) is 0 Å². The van der Waals surface area contributed by atoms with Gasteiger partial charge in [-0.25, -0.2) is 0 Å². The fourth-order valence-electron chi connectivity index (χ4n) is 1.81. The molecule has 0 aromatic heterocycles. The van der Waals surface area contributed by atoms with Gasteiger partial charge in [0.05, 0.1) is 6.10 Å². The van der Waals surface area contributed by atoms with Crippen LogP contribution in [0.2, 0.25) is 0 Å². The minimum absolute atomic E-state index is 0.524. The van der Waals surface area contributed by atoms with Gasteiger partial charge in [0.1, 0.15) is 0 Å². The van der Waals surface area contributed by atoms with Crippen molar-refractivity contribution in [3.05, 3.63) is 0 Å². The van der Waals surface area contributed by atoms with E-state index in [2.05, 4.69) is 17.1 Å². The van der Waals surface area contributed by atoms with Crippen LogP contribution in [-0.2, 0) is 4.74 Å². The highest BCUT2D eigenvalue weighted by atomic mass is 16.5. The molecule has 1 saturated heterocycles. The number of likely N-dealkylation sites (N-methyl/N-ethyl adjacent to an activating group) is 1. The molecule has 0 aliphatic carbocycles. The van der Waals surface area contributed by atoms with E-state index in [0.717, 1.165) is 13.2 Å².